The van der Waals surface area contributed by atoms with E-state index in [-0.39, 0.29) is 6.61 Å². The lowest BCUT2D eigenvalue weighted by Crippen LogP contribution is -2.43. The second kappa shape index (κ2) is 4.55. The zero-order chi connectivity index (χ0) is 11.8. The van der Waals surface area contributed by atoms with Crippen LogP contribution in [0.1, 0.15) is 36.3 Å². The van der Waals surface area contributed by atoms with Crippen molar-refractivity contribution < 1.29 is 9.84 Å². The predicted molar refractivity (Wildman–Crippen MR) is 67.6 cm³/mol. The monoisotopic (exact) mass is 254 g/mol. The molecule has 1 saturated heterocycles. The fourth-order valence-electron chi connectivity index (χ4n) is 2.27. The molecule has 4 nitrogen and oxygen atoms in total. The highest BCUT2D eigenvalue weighted by Crippen LogP contribution is 2.44. The Morgan fingerprint density at radius 2 is 2.35 bits per heavy atom. The molecule has 1 aromatic heterocycles. The number of nitrogens with zero attached hydrogens (tertiary/aromatic N) is 2. The average molecular weight is 254 g/mol. The third-order valence-corrected chi connectivity index (χ3v) is 4.53. The summed E-state index contributed by atoms with van der Waals surface area (Å²) in [6.45, 7) is 4.74. The number of thiazole rings is 1. The first-order valence-corrected chi connectivity index (χ1v) is 7.06. The van der Waals surface area contributed by atoms with Crippen LogP contribution in [0.5, 0.6) is 0 Å². The summed E-state index contributed by atoms with van der Waals surface area (Å²) < 4.78 is 5.44. The molecule has 1 aliphatic heterocycles. The van der Waals surface area contributed by atoms with Crippen LogP contribution in [-0.2, 0) is 11.3 Å². The van der Waals surface area contributed by atoms with Crippen molar-refractivity contribution in [1.29, 1.82) is 0 Å². The highest BCUT2D eigenvalue weighted by molar-refractivity contribution is 7.15. The largest absolute Gasteiger partial charge is 0.391 e. The molecule has 0 aromatic carbocycles. The van der Waals surface area contributed by atoms with Crippen molar-refractivity contribution in [2.45, 2.75) is 38.3 Å². The fraction of sp³-hybridized carbons (Fsp3) is 0.750. The summed E-state index contributed by atoms with van der Waals surface area (Å²) in [6.07, 6.45) is 2.46. The van der Waals surface area contributed by atoms with E-state index < -0.39 is 0 Å². The highest BCUT2D eigenvalue weighted by Gasteiger charge is 2.31. The van der Waals surface area contributed by atoms with Crippen LogP contribution >= 0.6 is 11.3 Å². The second-order valence-electron chi connectivity index (χ2n) is 4.85. The molecular formula is C12H18N2O2S. The van der Waals surface area contributed by atoms with Crippen molar-refractivity contribution in [2.24, 2.45) is 0 Å². The maximum absolute atomic E-state index is 9.40. The van der Waals surface area contributed by atoms with Crippen molar-refractivity contribution in [1.82, 2.24) is 4.98 Å². The molecule has 1 aromatic rings. The van der Waals surface area contributed by atoms with Crippen molar-refractivity contribution >= 4 is 16.5 Å². The Labute approximate surface area is 105 Å². The average Bonchev–Trinajstić information content (AvgIpc) is 3.10. The van der Waals surface area contributed by atoms with Gasteiger partial charge in [0.1, 0.15) is 0 Å². The lowest BCUT2D eigenvalue weighted by Gasteiger charge is -2.32. The maximum atomic E-state index is 9.40. The molecule has 1 N–H and O–H groups in total. The summed E-state index contributed by atoms with van der Waals surface area (Å²) in [7, 11) is 0. The van der Waals surface area contributed by atoms with Gasteiger partial charge in [0.25, 0.3) is 0 Å². The minimum Gasteiger partial charge on any atom is -0.391 e. The molecule has 2 heterocycles. The van der Waals surface area contributed by atoms with E-state index in [4.69, 9.17) is 9.72 Å². The first-order chi connectivity index (χ1) is 8.29. The van der Waals surface area contributed by atoms with E-state index in [0.717, 1.165) is 35.5 Å². The number of hydrogen-bond donors (Lipinski definition) is 1. The zero-order valence-electron chi connectivity index (χ0n) is 10.1. The Hall–Kier alpha value is -0.650. The maximum Gasteiger partial charge on any atom is 0.186 e. The van der Waals surface area contributed by atoms with Crippen LogP contribution < -0.4 is 4.90 Å². The van der Waals surface area contributed by atoms with Gasteiger partial charge in [-0.15, -0.1) is 0 Å². The summed E-state index contributed by atoms with van der Waals surface area (Å²) in [5.41, 5.74) is 1.14. The van der Waals surface area contributed by atoms with Gasteiger partial charge >= 0.3 is 0 Å². The van der Waals surface area contributed by atoms with Crippen LogP contribution in [0.25, 0.3) is 0 Å². The van der Waals surface area contributed by atoms with Crippen molar-refractivity contribution in [3.05, 3.63) is 10.6 Å². The topological polar surface area (TPSA) is 45.6 Å². The summed E-state index contributed by atoms with van der Waals surface area (Å²) in [5, 5.41) is 10.5. The third kappa shape index (κ3) is 2.19. The first-order valence-electron chi connectivity index (χ1n) is 6.24. The molecule has 1 unspecified atom stereocenters. The van der Waals surface area contributed by atoms with Gasteiger partial charge in [0, 0.05) is 12.5 Å². The van der Waals surface area contributed by atoms with Gasteiger partial charge < -0.3 is 14.7 Å². The Balaban J connectivity index is 1.86. The lowest BCUT2D eigenvalue weighted by atomic mass is 10.2. The molecule has 1 saturated carbocycles. The van der Waals surface area contributed by atoms with Gasteiger partial charge in [-0.2, -0.15) is 0 Å². The molecule has 0 spiro atoms. The second-order valence-corrected chi connectivity index (χ2v) is 5.92. The van der Waals surface area contributed by atoms with Gasteiger partial charge in [-0.3, -0.25) is 0 Å². The Bertz CT molecular complexity index is 403. The summed E-state index contributed by atoms with van der Waals surface area (Å²) in [6, 6.07) is 0.383. The number of ether oxygens (including phenoxy) is 1. The van der Waals surface area contributed by atoms with Crippen LogP contribution in [0, 0.1) is 0 Å². The van der Waals surface area contributed by atoms with Gasteiger partial charge in [-0.1, -0.05) is 11.3 Å². The van der Waals surface area contributed by atoms with Gasteiger partial charge in [-0.25, -0.2) is 4.98 Å². The quantitative estimate of drug-likeness (QED) is 0.892. The Kier molecular flexibility index (Phi) is 3.06. The van der Waals surface area contributed by atoms with E-state index >= 15 is 0 Å². The molecule has 5 heteroatoms. The number of aliphatic hydroxyl groups is 1. The normalized spacial score (nSPS) is 25.3. The number of morpholine rings is 1. The van der Waals surface area contributed by atoms with E-state index in [2.05, 4.69) is 11.8 Å². The van der Waals surface area contributed by atoms with Crippen LogP contribution in [0.4, 0.5) is 5.13 Å². The Morgan fingerprint density at radius 1 is 1.53 bits per heavy atom. The van der Waals surface area contributed by atoms with Gasteiger partial charge in [-0.05, 0) is 19.8 Å². The predicted octanol–water partition coefficient (Wildman–Crippen LogP) is 1.74. The molecule has 0 bridgehead atoms. The van der Waals surface area contributed by atoms with Gasteiger partial charge in [0.2, 0.25) is 0 Å². The summed E-state index contributed by atoms with van der Waals surface area (Å²) >= 11 is 1.65. The van der Waals surface area contributed by atoms with Crippen LogP contribution in [0.15, 0.2) is 0 Å². The number of hydrogen-bond acceptors (Lipinski definition) is 5. The van der Waals surface area contributed by atoms with Crippen molar-refractivity contribution in [3.8, 4) is 0 Å². The smallest absolute Gasteiger partial charge is 0.186 e. The molecule has 0 amide bonds. The molecule has 3 rings (SSSR count). The number of rotatable bonds is 3. The molecule has 94 valence electrons. The standard InChI is InChI=1S/C12H18N2O2S/c1-8-7-16-5-4-14(8)12-13-11(9-2-3-9)10(6-15)17-12/h8-9,15H,2-7H2,1H3. The van der Waals surface area contributed by atoms with Crippen LogP contribution in [0.2, 0.25) is 0 Å². The molecular weight excluding hydrogens is 236 g/mol. The summed E-state index contributed by atoms with van der Waals surface area (Å²) in [4.78, 5) is 8.11. The molecule has 1 aliphatic carbocycles. The minimum atomic E-state index is 0.127. The third-order valence-electron chi connectivity index (χ3n) is 3.44. The molecule has 2 aliphatic rings. The fourth-order valence-corrected chi connectivity index (χ4v) is 3.41. The Morgan fingerprint density at radius 3 is 3.00 bits per heavy atom. The SMILES string of the molecule is CC1COCCN1c1nc(C2CC2)c(CO)s1. The van der Waals surface area contributed by atoms with Crippen molar-refractivity contribution in [2.75, 3.05) is 24.7 Å². The molecule has 1 atom stereocenters. The lowest BCUT2D eigenvalue weighted by molar-refractivity contribution is 0.0989. The first kappa shape index (κ1) is 11.4. The van der Waals surface area contributed by atoms with Gasteiger partial charge in [0.05, 0.1) is 36.4 Å². The van der Waals surface area contributed by atoms with E-state index in [0.29, 0.717) is 12.0 Å². The van der Waals surface area contributed by atoms with E-state index in [1.165, 1.54) is 12.8 Å². The zero-order valence-corrected chi connectivity index (χ0v) is 10.9. The van der Waals surface area contributed by atoms with Crippen LogP contribution in [0.3, 0.4) is 0 Å². The number of aromatic nitrogens is 1. The van der Waals surface area contributed by atoms with E-state index in [9.17, 15) is 5.11 Å². The molecule has 17 heavy (non-hydrogen) atoms. The van der Waals surface area contributed by atoms with Gasteiger partial charge in [0.15, 0.2) is 5.13 Å². The number of aliphatic hydroxyl groups excluding tert-OH is 1. The van der Waals surface area contributed by atoms with E-state index in [1.807, 2.05) is 0 Å². The minimum absolute atomic E-state index is 0.127. The van der Waals surface area contributed by atoms with E-state index in [1.54, 1.807) is 11.3 Å². The molecule has 0 radical (unpaired) electrons. The number of anilines is 1. The van der Waals surface area contributed by atoms with Crippen molar-refractivity contribution in [3.63, 3.8) is 0 Å². The molecule has 2 fully saturated rings. The van der Waals surface area contributed by atoms with Crippen LogP contribution in [-0.4, -0.2) is 35.9 Å². The highest BCUT2D eigenvalue weighted by atomic mass is 32.1. The summed E-state index contributed by atoms with van der Waals surface area (Å²) in [5.74, 6) is 0.610.